The molecule has 0 radical (unpaired) electrons. The Morgan fingerprint density at radius 2 is 1.75 bits per heavy atom. The van der Waals surface area contributed by atoms with Gasteiger partial charge in [-0.05, 0) is 49.9 Å². The number of carboxylic acids is 2. The second-order valence-electron chi connectivity index (χ2n) is 7.24. The highest BCUT2D eigenvalue weighted by molar-refractivity contribution is 5.94. The fraction of sp³-hybridized carbons (Fsp3) is 0.273. The van der Waals surface area contributed by atoms with Gasteiger partial charge in [0.05, 0.1) is 22.7 Å². The molecule has 1 fully saturated rings. The molecule has 2 aromatic heterocycles. The number of aliphatic carboxylic acids is 1. The Morgan fingerprint density at radius 3 is 2.46 bits per heavy atom. The average Bonchev–Trinajstić information content (AvgIpc) is 2.73. The summed E-state index contributed by atoms with van der Waals surface area (Å²) in [5, 5.41) is 19.5. The number of carboxylic acid groups (broad SMARTS) is 2. The number of pyridine rings is 2. The second kappa shape index (κ2) is 7.38. The monoisotopic (exact) mass is 376 g/mol. The SMILES string of the molecule is O=C(O)c1cccc(-c2nc(C3CCC(C(=O)O)CC3)cc3cccnc23)c1. The molecular weight excluding hydrogens is 356 g/mol. The standard InChI is InChI=1S/C22H20N2O4/c25-21(26)14-8-6-13(7-9-14)18-12-16-5-2-10-23-19(16)20(24-18)15-3-1-4-17(11-15)22(27)28/h1-5,10-14H,6-9H2,(H,25,26)(H,27,28). The number of aromatic nitrogens is 2. The maximum atomic E-state index is 11.4. The van der Waals surface area contributed by atoms with Crippen molar-refractivity contribution in [2.75, 3.05) is 0 Å². The highest BCUT2D eigenvalue weighted by Gasteiger charge is 2.28. The fourth-order valence-electron chi connectivity index (χ4n) is 3.95. The lowest BCUT2D eigenvalue weighted by Gasteiger charge is -2.26. The molecule has 2 heterocycles. The Balaban J connectivity index is 1.78. The maximum Gasteiger partial charge on any atom is 0.335 e. The van der Waals surface area contributed by atoms with Gasteiger partial charge in [-0.1, -0.05) is 18.2 Å². The quantitative estimate of drug-likeness (QED) is 0.702. The molecule has 3 aromatic rings. The average molecular weight is 376 g/mol. The first-order valence-electron chi connectivity index (χ1n) is 9.35. The summed E-state index contributed by atoms with van der Waals surface area (Å²) in [5.74, 6) is -1.78. The Labute approximate surface area is 161 Å². The van der Waals surface area contributed by atoms with Crippen LogP contribution in [0.15, 0.2) is 48.7 Å². The second-order valence-corrected chi connectivity index (χ2v) is 7.24. The maximum absolute atomic E-state index is 11.4. The number of aromatic carboxylic acids is 1. The minimum absolute atomic E-state index is 0.196. The summed E-state index contributed by atoms with van der Waals surface area (Å²) in [6, 6.07) is 12.6. The Bertz CT molecular complexity index is 1060. The van der Waals surface area contributed by atoms with Crippen LogP contribution in [0.1, 0.15) is 47.7 Å². The largest absolute Gasteiger partial charge is 0.481 e. The third-order valence-corrected chi connectivity index (χ3v) is 5.49. The summed E-state index contributed by atoms with van der Waals surface area (Å²) in [7, 11) is 0. The lowest BCUT2D eigenvalue weighted by Crippen LogP contribution is -2.21. The number of benzene rings is 1. The van der Waals surface area contributed by atoms with E-state index in [1.54, 1.807) is 24.4 Å². The van der Waals surface area contributed by atoms with Crippen LogP contribution in [0.2, 0.25) is 0 Å². The molecule has 1 saturated carbocycles. The van der Waals surface area contributed by atoms with Gasteiger partial charge in [0.15, 0.2) is 0 Å². The van der Waals surface area contributed by atoms with Crippen LogP contribution < -0.4 is 0 Å². The van der Waals surface area contributed by atoms with Crippen LogP contribution in [0.5, 0.6) is 0 Å². The van der Waals surface area contributed by atoms with Crippen LogP contribution in [0.25, 0.3) is 22.2 Å². The fourth-order valence-corrected chi connectivity index (χ4v) is 3.95. The number of fused-ring (bicyclic) bond motifs is 1. The molecule has 4 rings (SSSR count). The molecule has 0 atom stereocenters. The number of nitrogens with zero attached hydrogens (tertiary/aromatic N) is 2. The number of hydrogen-bond donors (Lipinski definition) is 2. The van der Waals surface area contributed by atoms with Gasteiger partial charge in [0.1, 0.15) is 0 Å². The van der Waals surface area contributed by atoms with Gasteiger partial charge in [0.2, 0.25) is 0 Å². The van der Waals surface area contributed by atoms with Gasteiger partial charge < -0.3 is 10.2 Å². The first-order chi connectivity index (χ1) is 13.5. The first-order valence-corrected chi connectivity index (χ1v) is 9.35. The zero-order chi connectivity index (χ0) is 19.7. The molecule has 1 aliphatic carbocycles. The molecule has 0 amide bonds. The summed E-state index contributed by atoms with van der Waals surface area (Å²) in [6.07, 6.45) is 4.56. The molecule has 0 saturated heterocycles. The minimum atomic E-state index is -0.984. The molecule has 0 bridgehead atoms. The number of hydrogen-bond acceptors (Lipinski definition) is 4. The van der Waals surface area contributed by atoms with Gasteiger partial charge in [-0.25, -0.2) is 4.79 Å². The summed E-state index contributed by atoms with van der Waals surface area (Å²) < 4.78 is 0. The summed E-state index contributed by atoms with van der Waals surface area (Å²) in [4.78, 5) is 31.9. The van der Waals surface area contributed by atoms with Crippen LogP contribution in [0.4, 0.5) is 0 Å². The van der Waals surface area contributed by atoms with Crippen LogP contribution >= 0.6 is 0 Å². The first kappa shape index (κ1) is 18.1. The van der Waals surface area contributed by atoms with E-state index in [0.717, 1.165) is 29.4 Å². The lowest BCUT2D eigenvalue weighted by molar-refractivity contribution is -0.142. The van der Waals surface area contributed by atoms with E-state index in [4.69, 9.17) is 4.98 Å². The van der Waals surface area contributed by atoms with Crippen LogP contribution in [-0.2, 0) is 4.79 Å². The Kier molecular flexibility index (Phi) is 4.77. The molecule has 2 N–H and O–H groups in total. The molecule has 0 aliphatic heterocycles. The van der Waals surface area contributed by atoms with Crippen molar-refractivity contribution < 1.29 is 19.8 Å². The predicted molar refractivity (Wildman–Crippen MR) is 104 cm³/mol. The zero-order valence-corrected chi connectivity index (χ0v) is 15.2. The topological polar surface area (TPSA) is 100 Å². The normalized spacial score (nSPS) is 19.4. The molecule has 0 unspecified atom stereocenters. The molecule has 1 aliphatic rings. The van der Waals surface area contributed by atoms with E-state index in [1.807, 2.05) is 24.3 Å². The van der Waals surface area contributed by atoms with Crippen LogP contribution in [0, 0.1) is 5.92 Å². The third-order valence-electron chi connectivity index (χ3n) is 5.49. The summed E-state index contributed by atoms with van der Waals surface area (Å²) in [6.45, 7) is 0. The van der Waals surface area contributed by atoms with Crippen molar-refractivity contribution in [2.45, 2.75) is 31.6 Å². The minimum Gasteiger partial charge on any atom is -0.481 e. The van der Waals surface area contributed by atoms with Crippen LogP contribution in [-0.4, -0.2) is 32.1 Å². The van der Waals surface area contributed by atoms with Gasteiger partial charge >= 0.3 is 11.9 Å². The van der Waals surface area contributed by atoms with Gasteiger partial charge in [-0.3, -0.25) is 14.8 Å². The van der Waals surface area contributed by atoms with Gasteiger partial charge in [-0.15, -0.1) is 0 Å². The van der Waals surface area contributed by atoms with Crippen molar-refractivity contribution in [1.29, 1.82) is 0 Å². The van der Waals surface area contributed by atoms with E-state index in [2.05, 4.69) is 4.98 Å². The zero-order valence-electron chi connectivity index (χ0n) is 15.2. The van der Waals surface area contributed by atoms with E-state index < -0.39 is 11.9 Å². The molecule has 0 spiro atoms. The van der Waals surface area contributed by atoms with Crippen molar-refractivity contribution in [3.05, 3.63) is 59.9 Å². The summed E-state index contributed by atoms with van der Waals surface area (Å²) in [5.41, 5.74) is 3.23. The van der Waals surface area contributed by atoms with Crippen molar-refractivity contribution in [2.24, 2.45) is 5.92 Å². The van der Waals surface area contributed by atoms with Crippen molar-refractivity contribution >= 4 is 22.8 Å². The van der Waals surface area contributed by atoms with E-state index >= 15 is 0 Å². The highest BCUT2D eigenvalue weighted by atomic mass is 16.4. The van der Waals surface area contributed by atoms with Gasteiger partial charge in [0.25, 0.3) is 0 Å². The molecule has 6 heteroatoms. The molecule has 142 valence electrons. The summed E-state index contributed by atoms with van der Waals surface area (Å²) >= 11 is 0. The van der Waals surface area contributed by atoms with E-state index in [-0.39, 0.29) is 17.4 Å². The van der Waals surface area contributed by atoms with Gasteiger partial charge in [-0.2, -0.15) is 0 Å². The highest BCUT2D eigenvalue weighted by Crippen LogP contribution is 2.37. The predicted octanol–water partition coefficient (Wildman–Crippen LogP) is 4.35. The van der Waals surface area contributed by atoms with Gasteiger partial charge in [0, 0.05) is 28.8 Å². The molecule has 1 aromatic carbocycles. The van der Waals surface area contributed by atoms with E-state index in [1.165, 1.54) is 0 Å². The Morgan fingerprint density at radius 1 is 0.964 bits per heavy atom. The molecular formula is C22H20N2O4. The van der Waals surface area contributed by atoms with Crippen LogP contribution in [0.3, 0.4) is 0 Å². The number of rotatable bonds is 4. The van der Waals surface area contributed by atoms with E-state index in [0.29, 0.717) is 24.1 Å². The van der Waals surface area contributed by atoms with Crippen molar-refractivity contribution in [3.63, 3.8) is 0 Å². The Hall–Kier alpha value is -3.28. The molecule has 6 nitrogen and oxygen atoms in total. The number of carbonyl (C=O) groups is 2. The third kappa shape index (κ3) is 3.45. The lowest BCUT2D eigenvalue weighted by atomic mass is 9.80. The van der Waals surface area contributed by atoms with Crippen molar-refractivity contribution in [3.8, 4) is 11.3 Å². The van der Waals surface area contributed by atoms with E-state index in [9.17, 15) is 19.8 Å². The van der Waals surface area contributed by atoms with Crippen molar-refractivity contribution in [1.82, 2.24) is 9.97 Å². The smallest absolute Gasteiger partial charge is 0.335 e. The molecule has 28 heavy (non-hydrogen) atoms.